The topological polar surface area (TPSA) is 29.5 Å². The molecule has 0 aromatic heterocycles. The van der Waals surface area contributed by atoms with E-state index in [0.29, 0.717) is 24.5 Å². The summed E-state index contributed by atoms with van der Waals surface area (Å²) in [5.74, 6) is 0.679. The normalized spacial score (nSPS) is 10.5. The van der Waals surface area contributed by atoms with E-state index in [2.05, 4.69) is 0 Å². The van der Waals surface area contributed by atoms with Gasteiger partial charge in [-0.3, -0.25) is 0 Å². The van der Waals surface area contributed by atoms with Crippen molar-refractivity contribution in [3.63, 3.8) is 0 Å². The molecular weight excluding hydrogens is 243 g/mol. The molecule has 2 rings (SSSR count). The van der Waals surface area contributed by atoms with Gasteiger partial charge in [-0.2, -0.15) is 0 Å². The van der Waals surface area contributed by atoms with Gasteiger partial charge in [-0.15, -0.1) is 0 Å². The van der Waals surface area contributed by atoms with E-state index >= 15 is 0 Å². The van der Waals surface area contributed by atoms with Crippen molar-refractivity contribution in [1.29, 1.82) is 0 Å². The molecule has 0 atom stereocenters. The molecule has 100 valence electrons. The molecule has 0 unspecified atom stereocenters. The maximum Gasteiger partial charge on any atom is 0.123 e. The number of aromatic hydroxyl groups is 1. The molecule has 0 radical (unpaired) electrons. The van der Waals surface area contributed by atoms with Crippen LogP contribution in [0, 0.1) is 19.7 Å². The molecule has 0 aliphatic heterocycles. The lowest BCUT2D eigenvalue weighted by molar-refractivity contribution is 0.319. The Bertz CT molecular complexity index is 562. The Kier molecular flexibility index (Phi) is 4.05. The van der Waals surface area contributed by atoms with Gasteiger partial charge < -0.3 is 9.84 Å². The minimum atomic E-state index is -0.278. The highest BCUT2D eigenvalue weighted by Crippen LogP contribution is 2.24. The van der Waals surface area contributed by atoms with E-state index in [-0.39, 0.29) is 5.82 Å². The molecule has 0 heterocycles. The standard InChI is InChI=1S/C16H17FO2/c1-11-9-12(2)16(18)13(10-11)7-8-19-15-5-3-14(17)4-6-15/h3-6,9-10,18H,7-8H2,1-2H3. The molecule has 0 saturated carbocycles. The highest BCUT2D eigenvalue weighted by molar-refractivity contribution is 5.42. The predicted octanol–water partition coefficient (Wildman–Crippen LogP) is 3.77. The van der Waals surface area contributed by atoms with Crippen LogP contribution in [0.4, 0.5) is 4.39 Å². The summed E-state index contributed by atoms with van der Waals surface area (Å²) in [6, 6.07) is 9.82. The summed E-state index contributed by atoms with van der Waals surface area (Å²) >= 11 is 0. The third-order valence-corrected chi connectivity index (χ3v) is 2.98. The molecule has 1 N–H and O–H groups in total. The first-order valence-corrected chi connectivity index (χ1v) is 6.24. The van der Waals surface area contributed by atoms with Gasteiger partial charge in [0.25, 0.3) is 0 Å². The van der Waals surface area contributed by atoms with E-state index in [1.165, 1.54) is 12.1 Å². The first kappa shape index (κ1) is 13.4. The monoisotopic (exact) mass is 260 g/mol. The van der Waals surface area contributed by atoms with E-state index in [4.69, 9.17) is 4.74 Å². The van der Waals surface area contributed by atoms with Crippen molar-refractivity contribution in [1.82, 2.24) is 0 Å². The van der Waals surface area contributed by atoms with Crippen molar-refractivity contribution >= 4 is 0 Å². The average Bonchev–Trinajstić information content (AvgIpc) is 2.37. The molecule has 3 heteroatoms. The average molecular weight is 260 g/mol. The number of phenolic OH excluding ortho intramolecular Hbond substituents is 1. The van der Waals surface area contributed by atoms with Crippen LogP contribution in [0.1, 0.15) is 16.7 Å². The van der Waals surface area contributed by atoms with Gasteiger partial charge >= 0.3 is 0 Å². The second kappa shape index (κ2) is 5.74. The summed E-state index contributed by atoms with van der Waals surface area (Å²) in [6.07, 6.45) is 0.617. The zero-order valence-corrected chi connectivity index (χ0v) is 11.1. The minimum Gasteiger partial charge on any atom is -0.507 e. The maximum absolute atomic E-state index is 12.7. The van der Waals surface area contributed by atoms with E-state index in [1.54, 1.807) is 12.1 Å². The van der Waals surface area contributed by atoms with Crippen molar-refractivity contribution in [2.75, 3.05) is 6.61 Å². The van der Waals surface area contributed by atoms with Gasteiger partial charge in [-0.1, -0.05) is 17.7 Å². The summed E-state index contributed by atoms with van der Waals surface area (Å²) < 4.78 is 18.2. The molecule has 2 aromatic carbocycles. The van der Waals surface area contributed by atoms with E-state index in [9.17, 15) is 9.50 Å². The quantitative estimate of drug-likeness (QED) is 0.906. The molecule has 0 amide bonds. The fourth-order valence-corrected chi connectivity index (χ4v) is 2.05. The van der Waals surface area contributed by atoms with Crippen molar-refractivity contribution < 1.29 is 14.2 Å². The summed E-state index contributed by atoms with van der Waals surface area (Å²) in [7, 11) is 0. The van der Waals surface area contributed by atoms with Crippen LogP contribution in [0.5, 0.6) is 11.5 Å². The second-order valence-electron chi connectivity index (χ2n) is 4.64. The third-order valence-electron chi connectivity index (χ3n) is 2.98. The van der Waals surface area contributed by atoms with Crippen molar-refractivity contribution in [2.45, 2.75) is 20.3 Å². The number of phenols is 1. The van der Waals surface area contributed by atoms with Gasteiger partial charge in [0.05, 0.1) is 6.61 Å². The number of ether oxygens (including phenoxy) is 1. The summed E-state index contributed by atoms with van der Waals surface area (Å²) in [5.41, 5.74) is 2.86. The van der Waals surface area contributed by atoms with Gasteiger partial charge in [0.15, 0.2) is 0 Å². The Morgan fingerprint density at radius 2 is 1.79 bits per heavy atom. The van der Waals surface area contributed by atoms with Gasteiger partial charge in [0.2, 0.25) is 0 Å². The number of halogens is 1. The number of rotatable bonds is 4. The number of aryl methyl sites for hydroxylation is 2. The van der Waals surface area contributed by atoms with Crippen LogP contribution in [-0.2, 0) is 6.42 Å². The van der Waals surface area contributed by atoms with E-state index in [1.807, 2.05) is 26.0 Å². The van der Waals surface area contributed by atoms with Crippen molar-refractivity contribution in [2.24, 2.45) is 0 Å². The second-order valence-corrected chi connectivity index (χ2v) is 4.64. The van der Waals surface area contributed by atoms with Gasteiger partial charge in [0.1, 0.15) is 17.3 Å². The fraction of sp³-hybridized carbons (Fsp3) is 0.250. The number of benzene rings is 2. The first-order valence-electron chi connectivity index (χ1n) is 6.24. The molecule has 2 aromatic rings. The summed E-state index contributed by atoms with van der Waals surface area (Å²) in [4.78, 5) is 0. The molecule has 0 aliphatic carbocycles. The lowest BCUT2D eigenvalue weighted by Gasteiger charge is -2.10. The Morgan fingerprint density at radius 3 is 2.47 bits per heavy atom. The number of hydrogen-bond donors (Lipinski definition) is 1. The summed E-state index contributed by atoms with van der Waals surface area (Å²) in [6.45, 7) is 4.32. The van der Waals surface area contributed by atoms with Crippen LogP contribution in [0.15, 0.2) is 36.4 Å². The SMILES string of the molecule is Cc1cc(C)c(O)c(CCOc2ccc(F)cc2)c1. The Hall–Kier alpha value is -2.03. The van der Waals surface area contributed by atoms with Crippen LogP contribution in [0.25, 0.3) is 0 Å². The lowest BCUT2D eigenvalue weighted by atomic mass is 10.0. The highest BCUT2D eigenvalue weighted by Gasteiger charge is 2.06. The van der Waals surface area contributed by atoms with Crippen LogP contribution < -0.4 is 4.74 Å². The zero-order valence-electron chi connectivity index (χ0n) is 11.1. The maximum atomic E-state index is 12.7. The highest BCUT2D eigenvalue weighted by atomic mass is 19.1. The summed E-state index contributed by atoms with van der Waals surface area (Å²) in [5, 5.41) is 9.95. The van der Waals surface area contributed by atoms with E-state index < -0.39 is 0 Å². The first-order chi connectivity index (χ1) is 9.06. The zero-order chi connectivity index (χ0) is 13.8. The lowest BCUT2D eigenvalue weighted by Crippen LogP contribution is -2.02. The Labute approximate surface area is 112 Å². The predicted molar refractivity (Wildman–Crippen MR) is 73.2 cm³/mol. The van der Waals surface area contributed by atoms with Crippen LogP contribution in [0.3, 0.4) is 0 Å². The van der Waals surface area contributed by atoms with Crippen molar-refractivity contribution in [3.8, 4) is 11.5 Å². The molecule has 19 heavy (non-hydrogen) atoms. The van der Waals surface area contributed by atoms with Gasteiger partial charge in [0, 0.05) is 6.42 Å². The molecule has 2 nitrogen and oxygen atoms in total. The minimum absolute atomic E-state index is 0.278. The Morgan fingerprint density at radius 1 is 1.11 bits per heavy atom. The fourth-order valence-electron chi connectivity index (χ4n) is 2.05. The molecular formula is C16H17FO2. The van der Waals surface area contributed by atoms with Crippen LogP contribution in [0.2, 0.25) is 0 Å². The van der Waals surface area contributed by atoms with E-state index in [0.717, 1.165) is 16.7 Å². The van der Waals surface area contributed by atoms with Crippen LogP contribution >= 0.6 is 0 Å². The molecule has 0 aliphatic rings. The van der Waals surface area contributed by atoms with Gasteiger partial charge in [-0.25, -0.2) is 4.39 Å². The van der Waals surface area contributed by atoms with Crippen LogP contribution in [-0.4, -0.2) is 11.7 Å². The smallest absolute Gasteiger partial charge is 0.123 e. The molecule has 0 bridgehead atoms. The van der Waals surface area contributed by atoms with Gasteiger partial charge in [-0.05, 0) is 49.2 Å². The molecule has 0 saturated heterocycles. The Balaban J connectivity index is 1.98. The molecule has 0 spiro atoms. The largest absolute Gasteiger partial charge is 0.507 e. The third kappa shape index (κ3) is 3.47. The molecule has 0 fully saturated rings. The van der Waals surface area contributed by atoms with Crippen molar-refractivity contribution in [3.05, 3.63) is 58.9 Å². The number of hydrogen-bond acceptors (Lipinski definition) is 2.